The van der Waals surface area contributed by atoms with E-state index in [1.165, 1.54) is 13.2 Å². The van der Waals surface area contributed by atoms with Gasteiger partial charge in [0, 0.05) is 6.07 Å². The van der Waals surface area contributed by atoms with Gasteiger partial charge in [0.15, 0.2) is 0 Å². The first-order valence-electron chi connectivity index (χ1n) is 3.98. The molecule has 0 aromatic heterocycles. The van der Waals surface area contributed by atoms with Crippen molar-refractivity contribution < 1.29 is 14.5 Å². The number of benzene rings is 1. The fourth-order valence-corrected chi connectivity index (χ4v) is 1.40. The molecule has 82 valence electrons. The number of nitriles is 1. The molecule has 7 heteroatoms. The number of methoxy groups -OCH3 is 1. The van der Waals surface area contributed by atoms with Crippen LogP contribution in [0.2, 0.25) is 0 Å². The molecule has 0 radical (unpaired) electrons. The topological polar surface area (TPSA) is 93.2 Å². The molecule has 1 aromatic carbocycles. The molecule has 0 atom stereocenters. The zero-order chi connectivity index (χ0) is 12.3. The first kappa shape index (κ1) is 11.9. The largest absolute Gasteiger partial charge is 0.495 e. The minimum Gasteiger partial charge on any atom is -0.495 e. The Morgan fingerprint density at radius 1 is 1.62 bits per heavy atom. The molecule has 0 spiro atoms. The number of nitro groups is 1. The SMILES string of the molecule is COc1ccc([N+](=O)[O-])c(C(=O)Cl)c1C#N. The van der Waals surface area contributed by atoms with Crippen LogP contribution in [0.1, 0.15) is 15.9 Å². The molecule has 0 N–H and O–H groups in total. The summed E-state index contributed by atoms with van der Waals surface area (Å²) in [5, 5.41) is 18.4. The highest BCUT2D eigenvalue weighted by atomic mass is 35.5. The average Bonchev–Trinajstić information content (AvgIpc) is 2.26. The average molecular weight is 241 g/mol. The van der Waals surface area contributed by atoms with E-state index >= 15 is 0 Å². The lowest BCUT2D eigenvalue weighted by Gasteiger charge is -2.05. The van der Waals surface area contributed by atoms with Gasteiger partial charge in [0.05, 0.1) is 12.0 Å². The predicted molar refractivity (Wildman–Crippen MR) is 54.5 cm³/mol. The molecule has 0 bridgehead atoms. The molecule has 0 saturated heterocycles. The monoisotopic (exact) mass is 240 g/mol. The molecular weight excluding hydrogens is 236 g/mol. The predicted octanol–water partition coefficient (Wildman–Crippen LogP) is 1.85. The van der Waals surface area contributed by atoms with E-state index in [2.05, 4.69) is 0 Å². The number of nitro benzene ring substituents is 1. The summed E-state index contributed by atoms with van der Waals surface area (Å²) in [5.74, 6) is 0.0668. The molecular formula is C9H5ClN2O4. The number of hydrogen-bond acceptors (Lipinski definition) is 5. The second kappa shape index (κ2) is 4.59. The van der Waals surface area contributed by atoms with Crippen LogP contribution in [0.25, 0.3) is 0 Å². The van der Waals surface area contributed by atoms with Crippen LogP contribution < -0.4 is 4.74 Å². The molecule has 0 saturated carbocycles. The summed E-state index contributed by atoms with van der Waals surface area (Å²) < 4.78 is 4.81. The van der Waals surface area contributed by atoms with E-state index in [1.54, 1.807) is 6.07 Å². The second-order valence-corrected chi connectivity index (χ2v) is 3.02. The maximum Gasteiger partial charge on any atom is 0.283 e. The Hall–Kier alpha value is -2.13. The summed E-state index contributed by atoms with van der Waals surface area (Å²) in [6, 6.07) is 3.96. The summed E-state index contributed by atoms with van der Waals surface area (Å²) in [7, 11) is 1.28. The molecule has 0 heterocycles. The maximum absolute atomic E-state index is 11.1. The van der Waals surface area contributed by atoms with Crippen LogP contribution in [-0.4, -0.2) is 17.3 Å². The highest BCUT2D eigenvalue weighted by Gasteiger charge is 2.25. The lowest BCUT2D eigenvalue weighted by Crippen LogP contribution is -2.03. The van der Waals surface area contributed by atoms with E-state index < -0.39 is 21.4 Å². The van der Waals surface area contributed by atoms with E-state index in [1.807, 2.05) is 0 Å². The lowest BCUT2D eigenvalue weighted by molar-refractivity contribution is -0.385. The van der Waals surface area contributed by atoms with Gasteiger partial charge in [-0.2, -0.15) is 5.26 Å². The first-order valence-corrected chi connectivity index (χ1v) is 4.36. The van der Waals surface area contributed by atoms with Crippen LogP contribution >= 0.6 is 11.6 Å². The third-order valence-corrected chi connectivity index (χ3v) is 2.06. The fourth-order valence-electron chi connectivity index (χ4n) is 1.20. The number of hydrogen-bond donors (Lipinski definition) is 0. The highest BCUT2D eigenvalue weighted by Crippen LogP contribution is 2.30. The molecule has 0 aliphatic rings. The number of ether oxygens (including phenoxy) is 1. The minimum absolute atomic E-state index is 0.0668. The molecule has 0 aliphatic carbocycles. The van der Waals surface area contributed by atoms with Crippen LogP contribution in [0.5, 0.6) is 5.75 Å². The van der Waals surface area contributed by atoms with E-state index in [-0.39, 0.29) is 11.3 Å². The van der Waals surface area contributed by atoms with Crippen LogP contribution in [-0.2, 0) is 0 Å². The van der Waals surface area contributed by atoms with Gasteiger partial charge in [0.25, 0.3) is 10.9 Å². The highest BCUT2D eigenvalue weighted by molar-refractivity contribution is 6.68. The van der Waals surface area contributed by atoms with Crippen molar-refractivity contribution in [2.75, 3.05) is 7.11 Å². The van der Waals surface area contributed by atoms with Crippen LogP contribution in [0, 0.1) is 21.4 Å². The van der Waals surface area contributed by atoms with Gasteiger partial charge in [-0.25, -0.2) is 0 Å². The molecule has 0 amide bonds. The second-order valence-electron chi connectivity index (χ2n) is 2.68. The summed E-state index contributed by atoms with van der Waals surface area (Å²) in [6.45, 7) is 0. The van der Waals surface area contributed by atoms with Crippen molar-refractivity contribution in [1.29, 1.82) is 5.26 Å². The summed E-state index contributed by atoms with van der Waals surface area (Å²) in [5.41, 5.74) is -1.21. The number of rotatable bonds is 3. The molecule has 0 fully saturated rings. The van der Waals surface area contributed by atoms with Crippen molar-refractivity contribution in [2.45, 2.75) is 0 Å². The summed E-state index contributed by atoms with van der Waals surface area (Å²) in [6.07, 6.45) is 0. The van der Waals surface area contributed by atoms with Crippen molar-refractivity contribution >= 4 is 22.5 Å². The quantitative estimate of drug-likeness (QED) is 0.457. The van der Waals surface area contributed by atoms with Gasteiger partial charge in [-0.3, -0.25) is 14.9 Å². The third-order valence-electron chi connectivity index (χ3n) is 1.87. The summed E-state index contributed by atoms with van der Waals surface area (Å²) in [4.78, 5) is 20.9. The van der Waals surface area contributed by atoms with Crippen LogP contribution in [0.4, 0.5) is 5.69 Å². The van der Waals surface area contributed by atoms with Gasteiger partial charge in [-0.05, 0) is 17.7 Å². The maximum atomic E-state index is 11.1. The van der Waals surface area contributed by atoms with Crippen molar-refractivity contribution in [2.24, 2.45) is 0 Å². The Bertz CT molecular complexity index is 507. The zero-order valence-corrected chi connectivity index (χ0v) is 8.82. The van der Waals surface area contributed by atoms with Gasteiger partial charge in [0.2, 0.25) is 0 Å². The molecule has 6 nitrogen and oxygen atoms in total. The van der Waals surface area contributed by atoms with Crippen molar-refractivity contribution in [3.63, 3.8) is 0 Å². The van der Waals surface area contributed by atoms with Gasteiger partial charge in [-0.1, -0.05) is 0 Å². The Morgan fingerprint density at radius 2 is 2.25 bits per heavy atom. The van der Waals surface area contributed by atoms with Crippen molar-refractivity contribution in [3.8, 4) is 11.8 Å². The Morgan fingerprint density at radius 3 is 2.62 bits per heavy atom. The molecule has 0 aliphatic heterocycles. The summed E-state index contributed by atoms with van der Waals surface area (Å²) >= 11 is 5.22. The third kappa shape index (κ3) is 1.94. The van der Waals surface area contributed by atoms with Gasteiger partial charge in [0.1, 0.15) is 22.9 Å². The Balaban J connectivity index is 3.65. The van der Waals surface area contributed by atoms with Gasteiger partial charge < -0.3 is 4.74 Å². The zero-order valence-electron chi connectivity index (χ0n) is 8.06. The van der Waals surface area contributed by atoms with Crippen molar-refractivity contribution in [1.82, 2.24) is 0 Å². The molecule has 1 aromatic rings. The Kier molecular flexibility index (Phi) is 3.43. The van der Waals surface area contributed by atoms with Crippen LogP contribution in [0.3, 0.4) is 0 Å². The van der Waals surface area contributed by atoms with Gasteiger partial charge in [-0.15, -0.1) is 0 Å². The lowest BCUT2D eigenvalue weighted by atomic mass is 10.1. The van der Waals surface area contributed by atoms with Gasteiger partial charge >= 0.3 is 0 Å². The van der Waals surface area contributed by atoms with E-state index in [9.17, 15) is 14.9 Å². The van der Waals surface area contributed by atoms with Crippen LogP contribution in [0.15, 0.2) is 12.1 Å². The molecule has 1 rings (SSSR count). The first-order chi connectivity index (χ1) is 7.52. The Labute approximate surface area is 95.2 Å². The number of carbonyl (C=O) groups is 1. The minimum atomic E-state index is -1.07. The number of carbonyl (C=O) groups excluding carboxylic acids is 1. The normalized spacial score (nSPS) is 9.31. The van der Waals surface area contributed by atoms with Crippen molar-refractivity contribution in [3.05, 3.63) is 33.4 Å². The number of halogens is 1. The standard InChI is InChI=1S/C9H5ClN2O4/c1-16-7-3-2-6(12(14)15)8(9(10)13)5(7)4-11/h2-3H,1H3. The molecule has 16 heavy (non-hydrogen) atoms. The molecule has 0 unspecified atom stereocenters. The fraction of sp³-hybridized carbons (Fsp3) is 0.111. The number of nitrogens with zero attached hydrogens (tertiary/aromatic N) is 2. The van der Waals surface area contributed by atoms with E-state index in [0.29, 0.717) is 0 Å². The van der Waals surface area contributed by atoms with E-state index in [0.717, 1.165) is 6.07 Å². The van der Waals surface area contributed by atoms with E-state index in [4.69, 9.17) is 21.6 Å². The smallest absolute Gasteiger partial charge is 0.283 e.